The third-order valence-corrected chi connectivity index (χ3v) is 8.58. The molecule has 4 heterocycles. The summed E-state index contributed by atoms with van der Waals surface area (Å²) in [5, 5.41) is 20.8. The molecule has 7 N–H and O–H groups in total. The second-order valence-electron chi connectivity index (χ2n) is 12.3. The second-order valence-corrected chi connectivity index (χ2v) is 12.3. The quantitative estimate of drug-likeness (QED) is 0.0508. The molecule has 0 saturated carbocycles. The van der Waals surface area contributed by atoms with Crippen molar-refractivity contribution >= 4 is 58.0 Å². The summed E-state index contributed by atoms with van der Waals surface area (Å²) in [6, 6.07) is 9.53. The highest BCUT2D eigenvalue weighted by molar-refractivity contribution is 6.05. The number of benzene rings is 2. The van der Waals surface area contributed by atoms with Crippen LogP contribution in [0, 0.1) is 6.92 Å². The molecule has 0 atom stereocenters. The largest absolute Gasteiger partial charge is 0.494 e. The van der Waals surface area contributed by atoms with Crippen molar-refractivity contribution in [1.29, 1.82) is 0 Å². The van der Waals surface area contributed by atoms with Crippen molar-refractivity contribution in [3.05, 3.63) is 89.0 Å². The van der Waals surface area contributed by atoms with E-state index in [4.69, 9.17) is 15.2 Å². The number of aryl methyl sites for hydroxylation is 2. The summed E-state index contributed by atoms with van der Waals surface area (Å²) in [6.45, 7) is 5.64. The minimum atomic E-state index is -0.663. The molecule has 19 heteroatoms. The van der Waals surface area contributed by atoms with Gasteiger partial charge in [-0.2, -0.15) is 15.3 Å². The van der Waals surface area contributed by atoms with Gasteiger partial charge in [-0.15, -0.1) is 0 Å². The van der Waals surface area contributed by atoms with Crippen LogP contribution in [0.1, 0.15) is 60.6 Å². The van der Waals surface area contributed by atoms with E-state index in [1.165, 1.54) is 44.8 Å². The van der Waals surface area contributed by atoms with Crippen LogP contribution in [0.5, 0.6) is 11.5 Å². The number of allylic oxidation sites excluding steroid dienone is 2. The zero-order chi connectivity index (χ0) is 41.1. The number of methoxy groups -OCH3 is 1. The molecular formula is C38H45N13O6. The van der Waals surface area contributed by atoms with Gasteiger partial charge in [-0.1, -0.05) is 12.2 Å². The van der Waals surface area contributed by atoms with Gasteiger partial charge in [0, 0.05) is 30.8 Å². The zero-order valence-corrected chi connectivity index (χ0v) is 32.3. The molecular weight excluding hydrogens is 735 g/mol. The number of carbonyl (C=O) groups is 4. The van der Waals surface area contributed by atoms with Crippen LogP contribution in [0.25, 0.3) is 22.1 Å². The van der Waals surface area contributed by atoms with Crippen LogP contribution in [-0.4, -0.2) is 97.4 Å². The molecule has 0 unspecified atom stereocenters. The summed E-state index contributed by atoms with van der Waals surface area (Å²) >= 11 is 0. The van der Waals surface area contributed by atoms with Gasteiger partial charge in [0.1, 0.15) is 34.5 Å². The highest BCUT2D eigenvalue weighted by Gasteiger charge is 2.22. The number of anilines is 2. The van der Waals surface area contributed by atoms with Crippen LogP contribution in [0.4, 0.5) is 11.9 Å². The molecule has 0 bridgehead atoms. The van der Waals surface area contributed by atoms with Gasteiger partial charge in [0.05, 0.1) is 48.4 Å². The van der Waals surface area contributed by atoms with Gasteiger partial charge in [0.15, 0.2) is 0 Å². The number of hydrogen-bond acceptors (Lipinski definition) is 13. The van der Waals surface area contributed by atoms with Crippen LogP contribution in [-0.2, 0) is 19.6 Å². The Morgan fingerprint density at radius 3 is 2.14 bits per heavy atom. The Labute approximate surface area is 327 Å². The van der Waals surface area contributed by atoms with Crippen LogP contribution >= 0.6 is 0 Å². The number of aromatic nitrogens is 8. The molecule has 0 spiro atoms. The van der Waals surface area contributed by atoms with Crippen molar-refractivity contribution in [2.45, 2.75) is 39.9 Å². The fraction of sp³-hybridized carbons (Fsp3) is 0.289. The van der Waals surface area contributed by atoms with Gasteiger partial charge in [0.25, 0.3) is 11.8 Å². The Morgan fingerprint density at radius 1 is 0.877 bits per heavy atom. The normalized spacial score (nSPS) is 11.1. The number of nitrogens with zero attached hydrogens (tertiary/aromatic N) is 8. The maximum absolute atomic E-state index is 13.6. The first-order valence-corrected chi connectivity index (χ1v) is 18.0. The van der Waals surface area contributed by atoms with Crippen molar-refractivity contribution in [2.75, 3.05) is 45.0 Å². The molecule has 4 aromatic heterocycles. The minimum absolute atomic E-state index is 0.185. The summed E-state index contributed by atoms with van der Waals surface area (Å²) in [5.41, 5.74) is 13.8. The van der Waals surface area contributed by atoms with E-state index in [2.05, 4.69) is 46.9 Å². The summed E-state index contributed by atoms with van der Waals surface area (Å²) < 4.78 is 16.9. The predicted molar refractivity (Wildman–Crippen MR) is 214 cm³/mol. The van der Waals surface area contributed by atoms with E-state index in [0.29, 0.717) is 76.4 Å². The number of imidazole rings is 2. The number of hydrogen-bond donors (Lipinski definition) is 5. The lowest BCUT2D eigenvalue weighted by atomic mass is 10.1. The van der Waals surface area contributed by atoms with Gasteiger partial charge >= 0.3 is 0 Å². The Morgan fingerprint density at radius 2 is 1.54 bits per heavy atom. The van der Waals surface area contributed by atoms with E-state index < -0.39 is 17.7 Å². The molecule has 2 aromatic carbocycles. The lowest BCUT2D eigenvalue weighted by molar-refractivity contribution is 0.0995. The number of nitrogens with two attached hydrogens (primary N) is 2. The maximum atomic E-state index is 13.6. The average Bonchev–Trinajstić information content (AvgIpc) is 3.90. The number of carbonyl (C=O) groups excluding carboxylic acids is 4. The summed E-state index contributed by atoms with van der Waals surface area (Å²) in [7, 11) is 4.81. The van der Waals surface area contributed by atoms with E-state index in [1.54, 1.807) is 38.9 Å². The number of aldehydes is 1. The van der Waals surface area contributed by atoms with Crippen molar-refractivity contribution in [2.24, 2.45) is 11.5 Å². The summed E-state index contributed by atoms with van der Waals surface area (Å²) in [6.07, 6.45) is 7.86. The first-order valence-electron chi connectivity index (χ1n) is 18.0. The summed E-state index contributed by atoms with van der Waals surface area (Å²) in [5.74, 6) is -0.414. The predicted octanol–water partition coefficient (Wildman–Crippen LogP) is 2.95. The fourth-order valence-electron chi connectivity index (χ4n) is 6.03. The molecule has 0 aliphatic rings. The second kappa shape index (κ2) is 19.0. The first-order chi connectivity index (χ1) is 27.6. The van der Waals surface area contributed by atoms with E-state index in [9.17, 15) is 19.2 Å². The highest BCUT2D eigenvalue weighted by Crippen LogP contribution is 2.33. The highest BCUT2D eigenvalue weighted by atomic mass is 16.5. The first kappa shape index (κ1) is 41.2. The molecule has 0 saturated heterocycles. The zero-order valence-electron chi connectivity index (χ0n) is 32.3. The molecule has 0 radical (unpaired) electrons. The molecule has 0 aliphatic carbocycles. The number of fused-ring (bicyclic) bond motifs is 2. The Hall–Kier alpha value is -6.99. The fourth-order valence-corrected chi connectivity index (χ4v) is 6.03. The molecule has 6 rings (SSSR count). The van der Waals surface area contributed by atoms with Crippen molar-refractivity contribution in [1.82, 2.24) is 44.4 Å². The molecule has 0 fully saturated rings. The lowest BCUT2D eigenvalue weighted by Crippen LogP contribution is -2.20. The lowest BCUT2D eigenvalue weighted by Gasteiger charge is -2.13. The molecule has 0 aliphatic heterocycles. The SMILES string of the molecule is CCn1nc(C)cc1C(=O)Nc1nc2cc(C(N)=O)cc(OC)c2n1C/C=C/Cn1c(NC(=O)c2ccnnc2)nc2cc(C=O)cc(OCCCNC)c21.CN. The van der Waals surface area contributed by atoms with Crippen molar-refractivity contribution in [3.63, 3.8) is 0 Å². The number of rotatable bonds is 17. The Kier molecular flexibility index (Phi) is 13.8. The third kappa shape index (κ3) is 9.28. The molecule has 298 valence electrons. The monoisotopic (exact) mass is 779 g/mol. The topological polar surface area (TPSA) is 254 Å². The number of primary amides is 1. The van der Waals surface area contributed by atoms with Crippen LogP contribution in [0.15, 0.2) is 60.9 Å². The van der Waals surface area contributed by atoms with E-state index in [0.717, 1.165) is 6.54 Å². The van der Waals surface area contributed by atoms with E-state index in [1.807, 2.05) is 26.1 Å². The molecule has 19 nitrogen and oxygen atoms in total. The van der Waals surface area contributed by atoms with Gasteiger partial charge in [0.2, 0.25) is 17.8 Å². The van der Waals surface area contributed by atoms with Gasteiger partial charge in [-0.05, 0) is 77.3 Å². The van der Waals surface area contributed by atoms with Crippen LogP contribution in [0.3, 0.4) is 0 Å². The number of amides is 3. The van der Waals surface area contributed by atoms with Crippen LogP contribution < -0.4 is 36.9 Å². The summed E-state index contributed by atoms with van der Waals surface area (Å²) in [4.78, 5) is 60.2. The van der Waals surface area contributed by atoms with Gasteiger partial charge in [-0.3, -0.25) is 34.5 Å². The minimum Gasteiger partial charge on any atom is -0.494 e. The maximum Gasteiger partial charge on any atom is 0.276 e. The Bertz CT molecular complexity index is 2420. The van der Waals surface area contributed by atoms with Gasteiger partial charge < -0.3 is 35.4 Å². The van der Waals surface area contributed by atoms with Crippen molar-refractivity contribution < 1.29 is 28.7 Å². The van der Waals surface area contributed by atoms with E-state index in [-0.39, 0.29) is 36.1 Å². The molecule has 6 aromatic rings. The standard InChI is InChI=1S/C37H40N12O6.CH5N/c1-5-49-28(15-22(2)46-49)35(53)45-37-43-27-18-25(33(38)51)19-29(54-4)31(27)47(37)12-6-7-13-48-32-26(16-23(21-50)17-30(32)55-14-8-10-39-3)42-36(48)44-34(52)24-9-11-40-41-20-24;1-2/h6-7,9,11,15-21,39H,5,8,10,12-14H2,1-4H3,(H2,38,51)(H,42,44,52)(H,43,45,53);2H2,1H3/b7-6+;. The number of nitrogens with one attached hydrogen (secondary N) is 3. The average molecular weight is 780 g/mol. The van der Waals surface area contributed by atoms with Gasteiger partial charge in [-0.25, -0.2) is 9.97 Å². The van der Waals surface area contributed by atoms with E-state index >= 15 is 0 Å². The smallest absolute Gasteiger partial charge is 0.276 e. The number of ether oxygens (including phenoxy) is 2. The third-order valence-electron chi connectivity index (χ3n) is 8.58. The van der Waals surface area contributed by atoms with Crippen LogP contribution in [0.2, 0.25) is 0 Å². The molecule has 3 amide bonds. The van der Waals surface area contributed by atoms with Crippen molar-refractivity contribution in [3.8, 4) is 11.5 Å². The Balaban J connectivity index is 0.00000305. The molecule has 57 heavy (non-hydrogen) atoms.